The predicted octanol–water partition coefficient (Wildman–Crippen LogP) is 4.36. The summed E-state index contributed by atoms with van der Waals surface area (Å²) in [5, 5.41) is 13.4. The highest BCUT2D eigenvalue weighted by Crippen LogP contribution is 2.24. The molecular formula is C18H19BrCl2N2O2. The number of hydrogen-bond donors (Lipinski definition) is 2. The van der Waals surface area contributed by atoms with Gasteiger partial charge in [0.25, 0.3) is 5.91 Å². The molecular weight excluding hydrogens is 427 g/mol. The Balaban J connectivity index is 2.03. The number of phenolic OH excluding ortho intramolecular Hbond substituents is 1. The summed E-state index contributed by atoms with van der Waals surface area (Å²) < 4.78 is 0.749. The van der Waals surface area contributed by atoms with Crippen LogP contribution in [-0.4, -0.2) is 42.6 Å². The molecule has 0 bridgehead atoms. The second-order valence-corrected chi connectivity index (χ2v) is 7.60. The molecule has 0 fully saturated rings. The molecule has 0 aliphatic carbocycles. The molecule has 0 aromatic heterocycles. The summed E-state index contributed by atoms with van der Waals surface area (Å²) in [6.07, 6.45) is 0.646. The molecule has 1 amide bonds. The molecule has 0 unspecified atom stereocenters. The Kier molecular flexibility index (Phi) is 7.14. The summed E-state index contributed by atoms with van der Waals surface area (Å²) in [5.74, 6) is -0.0476. The first-order valence-electron chi connectivity index (χ1n) is 7.65. The largest absolute Gasteiger partial charge is 0.508 e. The lowest BCUT2D eigenvalue weighted by atomic mass is 10.0. The van der Waals surface area contributed by atoms with Gasteiger partial charge in [-0.2, -0.15) is 0 Å². The van der Waals surface area contributed by atoms with Crippen molar-refractivity contribution in [1.29, 1.82) is 0 Å². The SMILES string of the molecule is CN(C)[C@H](CNC(=O)c1ccc(Br)c(Cl)c1)Cc1ccc(O)cc1Cl. The van der Waals surface area contributed by atoms with Crippen molar-refractivity contribution < 1.29 is 9.90 Å². The van der Waals surface area contributed by atoms with E-state index in [1.807, 2.05) is 19.0 Å². The number of nitrogens with one attached hydrogen (secondary N) is 1. The van der Waals surface area contributed by atoms with E-state index in [-0.39, 0.29) is 17.7 Å². The van der Waals surface area contributed by atoms with Gasteiger partial charge < -0.3 is 15.3 Å². The lowest BCUT2D eigenvalue weighted by molar-refractivity contribution is 0.0941. The number of carbonyl (C=O) groups is 1. The average Bonchev–Trinajstić information content (AvgIpc) is 2.55. The van der Waals surface area contributed by atoms with E-state index in [4.69, 9.17) is 23.2 Å². The number of benzene rings is 2. The summed E-state index contributed by atoms with van der Waals surface area (Å²) in [6.45, 7) is 0.455. The third kappa shape index (κ3) is 5.61. The second kappa shape index (κ2) is 8.90. The van der Waals surface area contributed by atoms with Gasteiger partial charge in [0.1, 0.15) is 5.75 Å². The minimum atomic E-state index is -0.182. The minimum Gasteiger partial charge on any atom is -0.508 e. The van der Waals surface area contributed by atoms with E-state index in [9.17, 15) is 9.90 Å². The van der Waals surface area contributed by atoms with Gasteiger partial charge in [0.15, 0.2) is 0 Å². The molecule has 0 heterocycles. The van der Waals surface area contributed by atoms with Crippen molar-refractivity contribution in [3.05, 3.63) is 62.0 Å². The van der Waals surface area contributed by atoms with E-state index in [0.29, 0.717) is 28.6 Å². The maximum absolute atomic E-state index is 12.3. The Bertz CT molecular complexity index is 769. The van der Waals surface area contributed by atoms with E-state index in [0.717, 1.165) is 10.0 Å². The molecule has 1 atom stereocenters. The van der Waals surface area contributed by atoms with E-state index < -0.39 is 0 Å². The number of phenols is 1. The number of hydrogen-bond acceptors (Lipinski definition) is 3. The number of amides is 1. The van der Waals surface area contributed by atoms with Crippen LogP contribution in [0, 0.1) is 0 Å². The van der Waals surface area contributed by atoms with Crippen LogP contribution < -0.4 is 5.32 Å². The molecule has 7 heteroatoms. The standard InChI is InChI=1S/C18H19BrCl2N2O2/c1-23(2)13(7-11-3-5-14(24)9-16(11)20)10-22-18(25)12-4-6-15(19)17(21)8-12/h3-6,8-9,13,24H,7,10H2,1-2H3,(H,22,25)/t13-/m0/s1. The van der Waals surface area contributed by atoms with Crippen molar-refractivity contribution in [2.24, 2.45) is 0 Å². The Labute approximate surface area is 165 Å². The molecule has 0 aliphatic rings. The summed E-state index contributed by atoms with van der Waals surface area (Å²) in [4.78, 5) is 14.4. The summed E-state index contributed by atoms with van der Waals surface area (Å²) in [6, 6.07) is 10.1. The van der Waals surface area contributed by atoms with Crippen LogP contribution in [0.15, 0.2) is 40.9 Å². The van der Waals surface area contributed by atoms with Gasteiger partial charge in [-0.15, -0.1) is 0 Å². The van der Waals surface area contributed by atoms with E-state index in [2.05, 4.69) is 21.2 Å². The van der Waals surface area contributed by atoms with E-state index >= 15 is 0 Å². The average molecular weight is 446 g/mol. The van der Waals surface area contributed by atoms with Gasteiger partial charge >= 0.3 is 0 Å². The molecule has 2 N–H and O–H groups in total. The first-order valence-corrected chi connectivity index (χ1v) is 9.20. The fraction of sp³-hybridized carbons (Fsp3) is 0.278. The third-order valence-electron chi connectivity index (χ3n) is 3.90. The van der Waals surface area contributed by atoms with Gasteiger partial charge in [0, 0.05) is 27.6 Å². The topological polar surface area (TPSA) is 52.6 Å². The molecule has 0 radical (unpaired) electrons. The summed E-state index contributed by atoms with van der Waals surface area (Å²) in [7, 11) is 3.89. The molecule has 25 heavy (non-hydrogen) atoms. The lowest BCUT2D eigenvalue weighted by Crippen LogP contribution is -2.41. The Morgan fingerprint density at radius 2 is 1.92 bits per heavy atom. The molecule has 0 aliphatic heterocycles. The zero-order valence-electron chi connectivity index (χ0n) is 13.9. The maximum Gasteiger partial charge on any atom is 0.251 e. The molecule has 0 saturated carbocycles. The first-order chi connectivity index (χ1) is 11.8. The van der Waals surface area contributed by atoms with E-state index in [1.165, 1.54) is 6.07 Å². The van der Waals surface area contributed by atoms with Crippen LogP contribution in [0.2, 0.25) is 10.0 Å². The van der Waals surface area contributed by atoms with Gasteiger partial charge in [-0.25, -0.2) is 0 Å². The highest BCUT2D eigenvalue weighted by Gasteiger charge is 2.16. The number of aromatic hydroxyl groups is 1. The van der Waals surface area contributed by atoms with Crippen LogP contribution in [0.3, 0.4) is 0 Å². The van der Waals surface area contributed by atoms with Crippen molar-refractivity contribution in [2.45, 2.75) is 12.5 Å². The molecule has 4 nitrogen and oxygen atoms in total. The number of likely N-dealkylation sites (N-methyl/N-ethyl adjacent to an activating group) is 1. The van der Waals surface area contributed by atoms with Crippen molar-refractivity contribution in [3.8, 4) is 5.75 Å². The molecule has 0 spiro atoms. The van der Waals surface area contributed by atoms with Gasteiger partial charge in [0.2, 0.25) is 0 Å². The zero-order valence-corrected chi connectivity index (χ0v) is 17.0. The van der Waals surface area contributed by atoms with E-state index in [1.54, 1.807) is 30.3 Å². The van der Waals surface area contributed by atoms with Crippen molar-refractivity contribution >= 4 is 45.0 Å². The zero-order chi connectivity index (χ0) is 18.6. The summed E-state index contributed by atoms with van der Waals surface area (Å²) in [5.41, 5.74) is 1.42. The number of nitrogens with zero attached hydrogens (tertiary/aromatic N) is 1. The first kappa shape index (κ1) is 20.0. The molecule has 134 valence electrons. The summed E-state index contributed by atoms with van der Waals surface area (Å²) >= 11 is 15.5. The van der Waals surface area contributed by atoms with Gasteiger partial charge in [0.05, 0.1) is 5.02 Å². The Morgan fingerprint density at radius 1 is 1.20 bits per heavy atom. The number of carbonyl (C=O) groups excluding carboxylic acids is 1. The van der Waals surface area contributed by atoms with Gasteiger partial charge in [-0.1, -0.05) is 29.3 Å². The van der Waals surface area contributed by atoms with Crippen molar-refractivity contribution in [2.75, 3.05) is 20.6 Å². The second-order valence-electron chi connectivity index (χ2n) is 5.94. The lowest BCUT2D eigenvalue weighted by Gasteiger charge is -2.25. The fourth-order valence-corrected chi connectivity index (χ4v) is 3.02. The monoisotopic (exact) mass is 444 g/mol. The quantitative estimate of drug-likeness (QED) is 0.694. The van der Waals surface area contributed by atoms with Crippen LogP contribution in [0.1, 0.15) is 15.9 Å². The Morgan fingerprint density at radius 3 is 2.52 bits per heavy atom. The third-order valence-corrected chi connectivity index (χ3v) is 5.49. The van der Waals surface area contributed by atoms with Crippen LogP contribution in [0.25, 0.3) is 0 Å². The van der Waals surface area contributed by atoms with Gasteiger partial charge in [-0.05, 0) is 72.3 Å². The molecule has 2 aromatic rings. The van der Waals surface area contributed by atoms with Crippen LogP contribution in [0.5, 0.6) is 5.75 Å². The van der Waals surface area contributed by atoms with Crippen molar-refractivity contribution in [3.63, 3.8) is 0 Å². The maximum atomic E-state index is 12.3. The van der Waals surface area contributed by atoms with Crippen LogP contribution in [0.4, 0.5) is 0 Å². The highest BCUT2D eigenvalue weighted by molar-refractivity contribution is 9.10. The normalized spacial score (nSPS) is 12.2. The van der Waals surface area contributed by atoms with Gasteiger partial charge in [-0.3, -0.25) is 4.79 Å². The fourth-order valence-electron chi connectivity index (χ4n) is 2.34. The molecule has 0 saturated heterocycles. The Hall–Kier alpha value is -1.27. The van der Waals surface area contributed by atoms with Crippen LogP contribution >= 0.6 is 39.1 Å². The number of rotatable bonds is 6. The highest BCUT2D eigenvalue weighted by atomic mass is 79.9. The predicted molar refractivity (Wildman–Crippen MR) is 106 cm³/mol. The minimum absolute atomic E-state index is 0.0527. The molecule has 2 aromatic carbocycles. The van der Waals surface area contributed by atoms with Crippen LogP contribution in [-0.2, 0) is 6.42 Å². The molecule has 2 rings (SSSR count). The smallest absolute Gasteiger partial charge is 0.251 e. The van der Waals surface area contributed by atoms with Crippen molar-refractivity contribution in [1.82, 2.24) is 10.2 Å². The number of halogens is 3.